The van der Waals surface area contributed by atoms with E-state index in [0.717, 1.165) is 0 Å². The van der Waals surface area contributed by atoms with Crippen molar-refractivity contribution < 1.29 is 32.0 Å². The Hall–Kier alpha value is -1.15. The van der Waals surface area contributed by atoms with Gasteiger partial charge in [-0.25, -0.2) is 8.42 Å². The number of rotatable bonds is 10. The lowest BCUT2D eigenvalue weighted by Crippen LogP contribution is -2.38. The molecular formula is C15H27O7S-. The van der Waals surface area contributed by atoms with Crippen LogP contribution in [0.2, 0.25) is 0 Å². The Morgan fingerprint density at radius 2 is 1.61 bits per heavy atom. The lowest BCUT2D eigenvalue weighted by atomic mass is 9.72. The minimum atomic E-state index is -4.31. The summed E-state index contributed by atoms with van der Waals surface area (Å²) in [6.45, 7) is 8.75. The van der Waals surface area contributed by atoms with Crippen LogP contribution in [0.5, 0.6) is 0 Å². The van der Waals surface area contributed by atoms with E-state index < -0.39 is 32.7 Å². The predicted octanol–water partition coefficient (Wildman–Crippen LogP) is 1.86. The molecule has 0 aromatic rings. The molecule has 0 bridgehead atoms. The Bertz CT molecular complexity index is 510. The third kappa shape index (κ3) is 7.78. The predicted molar refractivity (Wildman–Crippen MR) is 83.6 cm³/mol. The maximum Gasteiger partial charge on any atom is 0.311 e. The molecule has 0 aliphatic heterocycles. The van der Waals surface area contributed by atoms with Gasteiger partial charge in [-0.2, -0.15) is 0 Å². The molecule has 0 fully saturated rings. The Balaban J connectivity index is 4.74. The van der Waals surface area contributed by atoms with E-state index in [4.69, 9.17) is 9.47 Å². The van der Waals surface area contributed by atoms with Crippen molar-refractivity contribution in [1.29, 1.82) is 0 Å². The van der Waals surface area contributed by atoms with E-state index in [1.807, 2.05) is 6.92 Å². The van der Waals surface area contributed by atoms with Crippen LogP contribution in [0.1, 0.15) is 53.9 Å². The Morgan fingerprint density at radius 3 is 2.04 bits per heavy atom. The van der Waals surface area contributed by atoms with E-state index in [0.29, 0.717) is 6.42 Å². The van der Waals surface area contributed by atoms with Crippen LogP contribution in [0.3, 0.4) is 0 Å². The van der Waals surface area contributed by atoms with Crippen LogP contribution in [0.15, 0.2) is 0 Å². The third-order valence-electron chi connectivity index (χ3n) is 3.71. The van der Waals surface area contributed by atoms with Crippen molar-refractivity contribution in [2.45, 2.75) is 53.9 Å². The Labute approximate surface area is 138 Å². The first kappa shape index (κ1) is 21.9. The highest BCUT2D eigenvalue weighted by Crippen LogP contribution is 2.38. The van der Waals surface area contributed by atoms with E-state index in [-0.39, 0.29) is 32.0 Å². The highest BCUT2D eigenvalue weighted by molar-refractivity contribution is 7.85. The number of carbonyl (C=O) groups excluding carboxylic acids is 2. The van der Waals surface area contributed by atoms with Gasteiger partial charge in [0.25, 0.3) is 0 Å². The first-order valence-corrected chi connectivity index (χ1v) is 9.23. The van der Waals surface area contributed by atoms with Gasteiger partial charge in [-0.15, -0.1) is 0 Å². The second-order valence-electron chi connectivity index (χ2n) is 6.45. The summed E-state index contributed by atoms with van der Waals surface area (Å²) in [5, 5.41) is 0. The molecule has 0 N–H and O–H groups in total. The highest BCUT2D eigenvalue weighted by atomic mass is 32.2. The highest BCUT2D eigenvalue weighted by Gasteiger charge is 2.42. The zero-order chi connectivity index (χ0) is 18.3. The summed E-state index contributed by atoms with van der Waals surface area (Å²) in [5.74, 6) is -1.47. The fourth-order valence-corrected chi connectivity index (χ4v) is 2.76. The SMILES string of the molecule is CCOC(=O)C(C)(C)CC(C)(CC)C(=O)OCCCS(=O)(=O)[O-]. The van der Waals surface area contributed by atoms with Crippen molar-refractivity contribution in [2.75, 3.05) is 19.0 Å². The topological polar surface area (TPSA) is 110 Å². The zero-order valence-electron chi connectivity index (χ0n) is 14.5. The molecule has 1 atom stereocenters. The van der Waals surface area contributed by atoms with E-state index in [9.17, 15) is 22.6 Å². The molecule has 1 unspecified atom stereocenters. The zero-order valence-corrected chi connectivity index (χ0v) is 15.3. The molecule has 23 heavy (non-hydrogen) atoms. The maximum absolute atomic E-state index is 12.3. The fraction of sp³-hybridized carbons (Fsp3) is 0.867. The Kier molecular flexibility index (Phi) is 8.20. The molecule has 0 aliphatic rings. The molecule has 0 spiro atoms. The van der Waals surface area contributed by atoms with Gasteiger partial charge in [-0.3, -0.25) is 9.59 Å². The van der Waals surface area contributed by atoms with E-state index >= 15 is 0 Å². The van der Waals surface area contributed by atoms with Crippen LogP contribution in [-0.2, 0) is 29.2 Å². The molecule has 0 radical (unpaired) electrons. The lowest BCUT2D eigenvalue weighted by molar-refractivity contribution is -0.162. The second kappa shape index (κ2) is 8.63. The van der Waals surface area contributed by atoms with Gasteiger partial charge in [-0.05, 0) is 47.0 Å². The average Bonchev–Trinajstić information content (AvgIpc) is 2.41. The number of hydrogen-bond acceptors (Lipinski definition) is 7. The fourth-order valence-electron chi connectivity index (χ4n) is 2.29. The molecule has 0 amide bonds. The normalized spacial score (nSPS) is 14.9. The van der Waals surface area contributed by atoms with Gasteiger partial charge in [0.05, 0.1) is 34.2 Å². The first-order valence-electron chi connectivity index (χ1n) is 7.66. The van der Waals surface area contributed by atoms with Gasteiger partial charge in [0.2, 0.25) is 0 Å². The summed E-state index contributed by atoms with van der Waals surface area (Å²) in [6.07, 6.45) is 0.654. The summed E-state index contributed by atoms with van der Waals surface area (Å²) < 4.78 is 41.6. The number of ether oxygens (including phenoxy) is 2. The van der Waals surface area contributed by atoms with E-state index in [2.05, 4.69) is 0 Å². The summed E-state index contributed by atoms with van der Waals surface area (Å²) in [6, 6.07) is 0. The van der Waals surface area contributed by atoms with Crippen molar-refractivity contribution in [3.63, 3.8) is 0 Å². The van der Waals surface area contributed by atoms with Crippen molar-refractivity contribution in [3.8, 4) is 0 Å². The number of hydrogen-bond donors (Lipinski definition) is 0. The molecule has 0 aromatic carbocycles. The van der Waals surface area contributed by atoms with Crippen LogP contribution in [0.4, 0.5) is 0 Å². The van der Waals surface area contributed by atoms with Crippen molar-refractivity contribution in [2.24, 2.45) is 10.8 Å². The molecular weight excluding hydrogens is 324 g/mol. The van der Waals surface area contributed by atoms with Crippen LogP contribution in [0.25, 0.3) is 0 Å². The number of carbonyl (C=O) groups is 2. The van der Waals surface area contributed by atoms with Gasteiger partial charge in [0.15, 0.2) is 0 Å². The molecule has 0 rings (SSSR count). The molecule has 8 heteroatoms. The smallest absolute Gasteiger partial charge is 0.311 e. The number of esters is 2. The monoisotopic (exact) mass is 351 g/mol. The molecule has 0 aliphatic carbocycles. The average molecular weight is 351 g/mol. The molecule has 0 aromatic heterocycles. The van der Waals surface area contributed by atoms with Crippen molar-refractivity contribution in [1.82, 2.24) is 0 Å². The van der Waals surface area contributed by atoms with Crippen LogP contribution >= 0.6 is 0 Å². The van der Waals surface area contributed by atoms with Gasteiger partial charge < -0.3 is 14.0 Å². The van der Waals surface area contributed by atoms with Gasteiger partial charge in [0.1, 0.15) is 0 Å². The van der Waals surface area contributed by atoms with Gasteiger partial charge in [0, 0.05) is 5.75 Å². The van der Waals surface area contributed by atoms with Crippen LogP contribution in [-0.4, -0.2) is 43.9 Å². The van der Waals surface area contributed by atoms with Crippen LogP contribution < -0.4 is 0 Å². The Morgan fingerprint density at radius 1 is 1.04 bits per heavy atom. The third-order valence-corrected chi connectivity index (χ3v) is 4.49. The minimum Gasteiger partial charge on any atom is -0.748 e. The van der Waals surface area contributed by atoms with Crippen molar-refractivity contribution >= 4 is 22.1 Å². The second-order valence-corrected chi connectivity index (χ2v) is 7.97. The quantitative estimate of drug-likeness (QED) is 0.335. The molecule has 0 heterocycles. The standard InChI is InChI=1S/C15H28O7S/c1-6-15(5,11-14(3,4)12(16)21-7-2)13(17)22-9-8-10-23(18,19)20/h6-11H2,1-5H3,(H,18,19,20)/p-1. The summed E-state index contributed by atoms with van der Waals surface area (Å²) in [4.78, 5) is 24.3. The largest absolute Gasteiger partial charge is 0.748 e. The van der Waals surface area contributed by atoms with Crippen molar-refractivity contribution in [3.05, 3.63) is 0 Å². The minimum absolute atomic E-state index is 0.0430. The van der Waals surface area contributed by atoms with E-state index in [1.165, 1.54) is 0 Å². The molecule has 0 saturated carbocycles. The van der Waals surface area contributed by atoms with Gasteiger partial charge >= 0.3 is 11.9 Å². The maximum atomic E-state index is 12.3. The molecule has 0 saturated heterocycles. The molecule has 136 valence electrons. The summed E-state index contributed by atoms with van der Waals surface area (Å²) in [5.41, 5.74) is -1.75. The van der Waals surface area contributed by atoms with Crippen LogP contribution in [0, 0.1) is 10.8 Å². The lowest BCUT2D eigenvalue weighted by Gasteiger charge is -2.33. The summed E-state index contributed by atoms with van der Waals surface area (Å²) >= 11 is 0. The molecule has 7 nitrogen and oxygen atoms in total. The first-order chi connectivity index (χ1) is 10.4. The summed E-state index contributed by atoms with van der Waals surface area (Å²) in [7, 11) is -4.31. The van der Waals surface area contributed by atoms with E-state index in [1.54, 1.807) is 27.7 Å². The van der Waals surface area contributed by atoms with Gasteiger partial charge in [-0.1, -0.05) is 6.92 Å².